The lowest BCUT2D eigenvalue weighted by Crippen LogP contribution is -2.40. The minimum absolute atomic E-state index is 0.306. The van der Waals surface area contributed by atoms with Gasteiger partial charge in [0.05, 0.1) is 22.9 Å². The number of nitrogens with zero attached hydrogens (tertiary/aromatic N) is 1. The Kier molecular flexibility index (Phi) is 4.49. The van der Waals surface area contributed by atoms with Crippen molar-refractivity contribution in [3.05, 3.63) is 14.7 Å². The molecule has 2 heterocycles. The number of thiophene rings is 1. The van der Waals surface area contributed by atoms with Gasteiger partial charge in [-0.25, -0.2) is 8.42 Å². The number of sulfonamides is 1. The van der Waals surface area contributed by atoms with E-state index in [4.69, 9.17) is 16.3 Å². The van der Waals surface area contributed by atoms with Crippen LogP contribution in [0.25, 0.3) is 0 Å². The molecule has 0 aliphatic carbocycles. The van der Waals surface area contributed by atoms with E-state index in [1.807, 2.05) is 0 Å². The maximum Gasteiger partial charge on any atom is 0.245 e. The molecule has 1 aliphatic heterocycles. The minimum atomic E-state index is -3.42. The molecular formula is C9H11BrClNO3S2. The quantitative estimate of drug-likeness (QED) is 0.777. The van der Waals surface area contributed by atoms with Crippen LogP contribution < -0.4 is 0 Å². The molecule has 8 heteroatoms. The molecule has 0 spiro atoms. The molecule has 0 unspecified atom stereocenters. The van der Waals surface area contributed by atoms with Crippen molar-refractivity contribution < 1.29 is 13.2 Å². The molecule has 0 radical (unpaired) electrons. The first-order valence-corrected chi connectivity index (χ1v) is 8.56. The second kappa shape index (κ2) is 5.54. The largest absolute Gasteiger partial charge is 0.379 e. The first kappa shape index (κ1) is 13.8. The summed E-state index contributed by atoms with van der Waals surface area (Å²) in [6.07, 6.45) is 0. The van der Waals surface area contributed by atoms with Crippen LogP contribution >= 0.6 is 38.9 Å². The fourth-order valence-corrected chi connectivity index (χ4v) is 5.70. The zero-order chi connectivity index (χ0) is 12.5. The van der Waals surface area contributed by atoms with Crippen LogP contribution in [0, 0.1) is 0 Å². The molecule has 1 aromatic heterocycles. The van der Waals surface area contributed by atoms with E-state index in [-0.39, 0.29) is 0 Å². The van der Waals surface area contributed by atoms with Crippen LogP contribution in [0.5, 0.6) is 0 Å². The van der Waals surface area contributed by atoms with E-state index >= 15 is 0 Å². The van der Waals surface area contributed by atoms with Crippen LogP contribution in [0.15, 0.2) is 14.7 Å². The fourth-order valence-electron chi connectivity index (χ4n) is 1.57. The van der Waals surface area contributed by atoms with Crippen LogP contribution in [0.4, 0.5) is 0 Å². The standard InChI is InChI=1S/C9H11BrClNO3S2/c10-9-8(5-7(6-11)16-9)17(13,14)12-1-3-15-4-2-12/h5H,1-4,6H2. The maximum atomic E-state index is 12.3. The third kappa shape index (κ3) is 2.85. The van der Waals surface area contributed by atoms with Crippen molar-refractivity contribution in [1.29, 1.82) is 0 Å². The summed E-state index contributed by atoms with van der Waals surface area (Å²) in [6, 6.07) is 1.63. The normalized spacial score (nSPS) is 18.5. The maximum absolute atomic E-state index is 12.3. The van der Waals surface area contributed by atoms with Gasteiger partial charge in [0.15, 0.2) is 0 Å². The van der Waals surface area contributed by atoms with Gasteiger partial charge in [0.2, 0.25) is 10.0 Å². The second-order valence-corrected chi connectivity index (χ2v) is 8.13. The number of ether oxygens (including phenoxy) is 1. The minimum Gasteiger partial charge on any atom is -0.379 e. The molecule has 1 aliphatic rings. The van der Waals surface area contributed by atoms with Gasteiger partial charge in [-0.15, -0.1) is 22.9 Å². The Morgan fingerprint density at radius 1 is 1.47 bits per heavy atom. The average Bonchev–Trinajstić information content (AvgIpc) is 2.72. The van der Waals surface area contributed by atoms with Gasteiger partial charge in [0.1, 0.15) is 4.90 Å². The summed E-state index contributed by atoms with van der Waals surface area (Å²) in [7, 11) is -3.42. The van der Waals surface area contributed by atoms with Gasteiger partial charge in [0.25, 0.3) is 0 Å². The van der Waals surface area contributed by atoms with Crippen LogP contribution in [0.2, 0.25) is 0 Å². The Balaban J connectivity index is 2.33. The van der Waals surface area contributed by atoms with Crippen molar-refractivity contribution in [2.24, 2.45) is 0 Å². The number of rotatable bonds is 3. The first-order chi connectivity index (χ1) is 8.05. The lowest BCUT2D eigenvalue weighted by Gasteiger charge is -2.25. The van der Waals surface area contributed by atoms with Crippen molar-refractivity contribution in [3.63, 3.8) is 0 Å². The molecule has 1 aromatic rings. The molecule has 17 heavy (non-hydrogen) atoms. The Bertz CT molecular complexity index is 496. The topological polar surface area (TPSA) is 46.6 Å². The van der Waals surface area contributed by atoms with Crippen LogP contribution in [-0.4, -0.2) is 39.0 Å². The highest BCUT2D eigenvalue weighted by Gasteiger charge is 2.29. The van der Waals surface area contributed by atoms with Crippen molar-refractivity contribution in [2.45, 2.75) is 10.8 Å². The van der Waals surface area contributed by atoms with Crippen LogP contribution in [0.3, 0.4) is 0 Å². The Hall–Kier alpha value is 0.340. The molecule has 0 bridgehead atoms. The number of morpholine rings is 1. The molecule has 2 rings (SSSR count). The molecule has 1 saturated heterocycles. The molecule has 0 atom stereocenters. The zero-order valence-corrected chi connectivity index (χ0v) is 12.8. The third-order valence-corrected chi connectivity index (χ3v) is 7.02. The third-order valence-electron chi connectivity index (χ3n) is 2.43. The van der Waals surface area contributed by atoms with Gasteiger partial charge in [-0.3, -0.25) is 0 Å². The lowest BCUT2D eigenvalue weighted by molar-refractivity contribution is 0.0730. The van der Waals surface area contributed by atoms with Gasteiger partial charge in [-0.1, -0.05) is 0 Å². The van der Waals surface area contributed by atoms with Crippen molar-refractivity contribution in [1.82, 2.24) is 4.31 Å². The first-order valence-electron chi connectivity index (χ1n) is 4.98. The summed E-state index contributed by atoms with van der Waals surface area (Å²) in [6.45, 7) is 1.70. The Morgan fingerprint density at radius 2 is 2.12 bits per heavy atom. The number of hydrogen-bond acceptors (Lipinski definition) is 4. The molecule has 1 fully saturated rings. The van der Waals surface area contributed by atoms with Crippen molar-refractivity contribution in [3.8, 4) is 0 Å². The molecule has 96 valence electrons. The summed E-state index contributed by atoms with van der Waals surface area (Å²) in [4.78, 5) is 1.14. The van der Waals surface area contributed by atoms with Gasteiger partial charge in [-0.05, 0) is 22.0 Å². The summed E-state index contributed by atoms with van der Waals surface area (Å²) in [5.41, 5.74) is 0. The summed E-state index contributed by atoms with van der Waals surface area (Å²) in [5.74, 6) is 0.321. The summed E-state index contributed by atoms with van der Waals surface area (Å²) in [5, 5.41) is 0. The summed E-state index contributed by atoms with van der Waals surface area (Å²) < 4.78 is 31.9. The van der Waals surface area contributed by atoms with E-state index in [1.165, 1.54) is 15.6 Å². The zero-order valence-electron chi connectivity index (χ0n) is 8.86. The fraction of sp³-hybridized carbons (Fsp3) is 0.556. The predicted octanol–water partition coefficient (Wildman–Crippen LogP) is 2.27. The smallest absolute Gasteiger partial charge is 0.245 e. The van der Waals surface area contributed by atoms with Gasteiger partial charge < -0.3 is 4.74 Å². The monoisotopic (exact) mass is 359 g/mol. The van der Waals surface area contributed by atoms with E-state index in [2.05, 4.69) is 15.9 Å². The van der Waals surface area contributed by atoms with Crippen molar-refractivity contribution >= 4 is 48.9 Å². The second-order valence-electron chi connectivity index (χ2n) is 3.50. The van der Waals surface area contributed by atoms with E-state index in [0.717, 1.165) is 4.88 Å². The van der Waals surface area contributed by atoms with Crippen LogP contribution in [0.1, 0.15) is 4.88 Å². The van der Waals surface area contributed by atoms with Crippen LogP contribution in [-0.2, 0) is 20.6 Å². The van der Waals surface area contributed by atoms with E-state index < -0.39 is 10.0 Å². The van der Waals surface area contributed by atoms with E-state index in [1.54, 1.807) is 6.07 Å². The average molecular weight is 361 g/mol. The molecule has 0 aromatic carbocycles. The number of halogens is 2. The van der Waals surface area contributed by atoms with Gasteiger partial charge in [-0.2, -0.15) is 4.31 Å². The van der Waals surface area contributed by atoms with Crippen molar-refractivity contribution in [2.75, 3.05) is 26.3 Å². The molecule has 0 saturated carbocycles. The highest BCUT2D eigenvalue weighted by Crippen LogP contribution is 2.34. The molecule has 0 amide bonds. The Labute approximate surface area is 118 Å². The molecule has 0 N–H and O–H groups in total. The highest BCUT2D eigenvalue weighted by molar-refractivity contribution is 9.11. The molecular weight excluding hydrogens is 350 g/mol. The predicted molar refractivity (Wildman–Crippen MR) is 71.2 cm³/mol. The highest BCUT2D eigenvalue weighted by atomic mass is 79.9. The number of hydrogen-bond donors (Lipinski definition) is 0. The van der Waals surface area contributed by atoms with Gasteiger partial charge in [0, 0.05) is 18.0 Å². The van der Waals surface area contributed by atoms with E-state index in [9.17, 15) is 8.42 Å². The summed E-state index contributed by atoms with van der Waals surface area (Å²) >= 11 is 10.3. The molecule has 4 nitrogen and oxygen atoms in total. The van der Waals surface area contributed by atoms with E-state index in [0.29, 0.717) is 40.9 Å². The SMILES string of the molecule is O=S(=O)(c1cc(CCl)sc1Br)N1CCOCC1. The Morgan fingerprint density at radius 3 is 2.65 bits per heavy atom. The lowest BCUT2D eigenvalue weighted by atomic mass is 10.5. The number of alkyl halides is 1. The van der Waals surface area contributed by atoms with Gasteiger partial charge >= 0.3 is 0 Å².